The van der Waals surface area contributed by atoms with Gasteiger partial charge in [-0.25, -0.2) is 5.84 Å². The maximum absolute atomic E-state index is 5.62. The Kier molecular flexibility index (Phi) is 2.82. The van der Waals surface area contributed by atoms with Crippen molar-refractivity contribution in [1.29, 1.82) is 0 Å². The second-order valence-corrected chi connectivity index (χ2v) is 2.56. The molecule has 0 fully saturated rings. The Bertz CT molecular complexity index is 279. The molecule has 1 aromatic carbocycles. The van der Waals surface area contributed by atoms with E-state index in [1.54, 1.807) is 18.3 Å². The van der Waals surface area contributed by atoms with Crippen LogP contribution in [0.25, 0.3) is 0 Å². The molecular formula is C9H13N3. The van der Waals surface area contributed by atoms with Gasteiger partial charge in [0, 0.05) is 25.9 Å². The molecule has 0 unspecified atom stereocenters. The van der Waals surface area contributed by atoms with Gasteiger partial charge in [-0.1, -0.05) is 18.2 Å². The summed E-state index contributed by atoms with van der Waals surface area (Å²) in [4.78, 5) is 3.94. The first-order chi connectivity index (χ1) is 5.75. The van der Waals surface area contributed by atoms with Crippen LogP contribution in [0.15, 0.2) is 29.3 Å². The van der Waals surface area contributed by atoms with E-state index in [2.05, 4.69) is 4.99 Å². The number of nitrogens with two attached hydrogens (primary N) is 1. The van der Waals surface area contributed by atoms with Crippen molar-refractivity contribution < 1.29 is 0 Å². The van der Waals surface area contributed by atoms with Crippen molar-refractivity contribution in [2.24, 2.45) is 10.8 Å². The molecule has 0 heterocycles. The average molecular weight is 163 g/mol. The summed E-state index contributed by atoms with van der Waals surface area (Å²) in [6.45, 7) is 0. The summed E-state index contributed by atoms with van der Waals surface area (Å²) in [6, 6.07) is 7.85. The first-order valence-electron chi connectivity index (χ1n) is 3.75. The zero-order valence-corrected chi connectivity index (χ0v) is 7.36. The fourth-order valence-electron chi connectivity index (χ4n) is 1.06. The molecule has 1 aromatic rings. The number of aliphatic imine (C=N–C) groups is 1. The van der Waals surface area contributed by atoms with Crippen molar-refractivity contribution >= 4 is 11.9 Å². The summed E-state index contributed by atoms with van der Waals surface area (Å²) in [6.07, 6.45) is 1.79. The zero-order chi connectivity index (χ0) is 8.97. The number of benzene rings is 1. The van der Waals surface area contributed by atoms with Crippen LogP contribution in [0.2, 0.25) is 0 Å². The van der Waals surface area contributed by atoms with Crippen LogP contribution < -0.4 is 10.9 Å². The van der Waals surface area contributed by atoms with Gasteiger partial charge < -0.3 is 5.01 Å². The molecule has 2 N–H and O–H groups in total. The van der Waals surface area contributed by atoms with Crippen LogP contribution in [0.1, 0.15) is 5.56 Å². The maximum atomic E-state index is 5.62. The highest BCUT2D eigenvalue weighted by Crippen LogP contribution is 2.14. The molecule has 0 amide bonds. The summed E-state index contributed by atoms with van der Waals surface area (Å²) < 4.78 is 0. The molecule has 1 rings (SSSR count). The monoisotopic (exact) mass is 163 g/mol. The van der Waals surface area contributed by atoms with Gasteiger partial charge >= 0.3 is 0 Å². The summed E-state index contributed by atoms with van der Waals surface area (Å²) in [5, 5.41) is 1.58. The van der Waals surface area contributed by atoms with Crippen molar-refractivity contribution in [3.63, 3.8) is 0 Å². The minimum absolute atomic E-state index is 0.975. The Labute approximate surface area is 72.5 Å². The lowest BCUT2D eigenvalue weighted by Crippen LogP contribution is -2.26. The molecule has 0 spiro atoms. The van der Waals surface area contributed by atoms with Crippen LogP contribution in [0, 0.1) is 0 Å². The van der Waals surface area contributed by atoms with E-state index >= 15 is 0 Å². The number of rotatable bonds is 2. The Morgan fingerprint density at radius 1 is 1.42 bits per heavy atom. The summed E-state index contributed by atoms with van der Waals surface area (Å²) >= 11 is 0. The van der Waals surface area contributed by atoms with E-state index in [1.807, 2.05) is 31.3 Å². The van der Waals surface area contributed by atoms with Gasteiger partial charge in [0.2, 0.25) is 0 Å². The zero-order valence-electron chi connectivity index (χ0n) is 7.36. The normalized spacial score (nSPS) is 10.6. The topological polar surface area (TPSA) is 41.6 Å². The van der Waals surface area contributed by atoms with Gasteiger partial charge in [-0.3, -0.25) is 4.99 Å². The van der Waals surface area contributed by atoms with Crippen molar-refractivity contribution in [2.75, 3.05) is 19.1 Å². The number of anilines is 1. The molecule has 0 bridgehead atoms. The standard InChI is InChI=1S/C9H13N3/c1-11-7-8-5-3-4-6-9(8)12(2)10/h3-7H,10H2,1-2H3/b11-7-. The third kappa shape index (κ3) is 1.83. The van der Waals surface area contributed by atoms with Gasteiger partial charge in [0.05, 0.1) is 5.69 Å². The molecule has 0 aromatic heterocycles. The highest BCUT2D eigenvalue weighted by atomic mass is 15.4. The van der Waals surface area contributed by atoms with Crippen LogP contribution in [0.3, 0.4) is 0 Å². The molecule has 3 nitrogen and oxygen atoms in total. The number of hydrogen-bond acceptors (Lipinski definition) is 3. The van der Waals surface area contributed by atoms with Gasteiger partial charge in [0.25, 0.3) is 0 Å². The SMILES string of the molecule is C/N=C\c1ccccc1N(C)N. The number of hydrazine groups is 1. The average Bonchev–Trinajstić information content (AvgIpc) is 2.05. The van der Waals surface area contributed by atoms with Crippen LogP contribution in [-0.2, 0) is 0 Å². The van der Waals surface area contributed by atoms with Crippen molar-refractivity contribution in [1.82, 2.24) is 0 Å². The van der Waals surface area contributed by atoms with Gasteiger partial charge in [-0.15, -0.1) is 0 Å². The van der Waals surface area contributed by atoms with Gasteiger partial charge in [0.15, 0.2) is 0 Å². The predicted octanol–water partition coefficient (Wildman–Crippen LogP) is 1.05. The van der Waals surface area contributed by atoms with E-state index in [9.17, 15) is 0 Å². The molecule has 0 aliphatic heterocycles. The Hall–Kier alpha value is -1.35. The lowest BCUT2D eigenvalue weighted by molar-refractivity contribution is 1.02. The fourth-order valence-corrected chi connectivity index (χ4v) is 1.06. The number of hydrogen-bond donors (Lipinski definition) is 1. The van der Waals surface area contributed by atoms with Crippen molar-refractivity contribution in [3.8, 4) is 0 Å². The molecule has 64 valence electrons. The highest BCUT2D eigenvalue weighted by molar-refractivity contribution is 5.87. The summed E-state index contributed by atoms with van der Waals surface area (Å²) in [5.41, 5.74) is 2.01. The summed E-state index contributed by atoms with van der Waals surface area (Å²) in [5.74, 6) is 5.62. The molecule has 0 saturated heterocycles. The third-order valence-corrected chi connectivity index (χ3v) is 1.58. The second-order valence-electron chi connectivity index (χ2n) is 2.56. The highest BCUT2D eigenvalue weighted by Gasteiger charge is 1.99. The van der Waals surface area contributed by atoms with Gasteiger partial charge in [0.1, 0.15) is 0 Å². The van der Waals surface area contributed by atoms with Crippen LogP contribution >= 0.6 is 0 Å². The van der Waals surface area contributed by atoms with Crippen LogP contribution in [-0.4, -0.2) is 20.3 Å². The number of nitrogens with zero attached hydrogens (tertiary/aromatic N) is 2. The predicted molar refractivity (Wildman–Crippen MR) is 52.6 cm³/mol. The van der Waals surface area contributed by atoms with E-state index in [1.165, 1.54) is 0 Å². The van der Waals surface area contributed by atoms with Gasteiger partial charge in [-0.05, 0) is 6.07 Å². The molecule has 0 aliphatic rings. The lowest BCUT2D eigenvalue weighted by Gasteiger charge is -2.13. The van der Waals surface area contributed by atoms with E-state index in [-0.39, 0.29) is 0 Å². The van der Waals surface area contributed by atoms with E-state index < -0.39 is 0 Å². The minimum atomic E-state index is 0.975. The smallest absolute Gasteiger partial charge is 0.0601 e. The quantitative estimate of drug-likeness (QED) is 0.402. The first kappa shape index (κ1) is 8.74. The van der Waals surface area contributed by atoms with E-state index in [0.717, 1.165) is 11.3 Å². The maximum Gasteiger partial charge on any atom is 0.0601 e. The molecule has 12 heavy (non-hydrogen) atoms. The van der Waals surface area contributed by atoms with Crippen LogP contribution in [0.4, 0.5) is 5.69 Å². The Morgan fingerprint density at radius 2 is 2.08 bits per heavy atom. The first-order valence-corrected chi connectivity index (χ1v) is 3.75. The fraction of sp³-hybridized carbons (Fsp3) is 0.222. The third-order valence-electron chi connectivity index (χ3n) is 1.58. The van der Waals surface area contributed by atoms with Gasteiger partial charge in [-0.2, -0.15) is 0 Å². The second kappa shape index (κ2) is 3.88. The molecular weight excluding hydrogens is 150 g/mol. The molecule has 3 heteroatoms. The molecule has 0 aliphatic carbocycles. The minimum Gasteiger partial charge on any atom is -0.313 e. The van der Waals surface area contributed by atoms with E-state index in [4.69, 9.17) is 5.84 Å². The Balaban J connectivity index is 3.08. The molecule has 0 radical (unpaired) electrons. The molecule has 0 saturated carbocycles. The molecule has 0 atom stereocenters. The van der Waals surface area contributed by atoms with Crippen LogP contribution in [0.5, 0.6) is 0 Å². The van der Waals surface area contributed by atoms with E-state index in [0.29, 0.717) is 0 Å². The van der Waals surface area contributed by atoms with Crippen molar-refractivity contribution in [3.05, 3.63) is 29.8 Å². The Morgan fingerprint density at radius 3 is 2.67 bits per heavy atom. The lowest BCUT2D eigenvalue weighted by atomic mass is 10.2. The van der Waals surface area contributed by atoms with Crippen molar-refractivity contribution in [2.45, 2.75) is 0 Å². The number of para-hydroxylation sites is 1. The largest absolute Gasteiger partial charge is 0.313 e. The summed E-state index contributed by atoms with van der Waals surface area (Å²) in [7, 11) is 3.55.